The molecule has 0 atom stereocenters. The Balaban J connectivity index is 3.58. The molecule has 0 radical (unpaired) electrons. The van der Waals surface area contributed by atoms with Crippen LogP contribution in [0.25, 0.3) is 0 Å². The molecule has 0 aliphatic heterocycles. The number of rotatable bonds is 8. The zero-order valence-corrected chi connectivity index (χ0v) is 10.6. The molecule has 0 aromatic rings. The molecule has 0 bridgehead atoms. The maximum absolute atomic E-state index is 2.36. The summed E-state index contributed by atoms with van der Waals surface area (Å²) in [4.78, 5) is 0. The second kappa shape index (κ2) is 8.05. The highest BCUT2D eigenvalue weighted by atomic mass is 15.3. The normalized spacial score (nSPS) is 12.6. The number of unbranched alkanes of at least 4 members (excludes halogenated alkanes) is 3. The van der Waals surface area contributed by atoms with Crippen molar-refractivity contribution in [2.24, 2.45) is 0 Å². The van der Waals surface area contributed by atoms with Gasteiger partial charge in [-0.05, 0) is 32.8 Å². The summed E-state index contributed by atoms with van der Waals surface area (Å²) in [6, 6.07) is 0. The average Bonchev–Trinajstić information content (AvgIpc) is 2.23. The molecule has 0 heterocycles. The van der Waals surface area contributed by atoms with Gasteiger partial charge in [0, 0.05) is 0 Å². The molecule has 1 heteroatoms. The van der Waals surface area contributed by atoms with Crippen molar-refractivity contribution in [3.63, 3.8) is 0 Å². The Morgan fingerprint density at radius 3 is 2.07 bits per heavy atom. The van der Waals surface area contributed by atoms with E-state index in [1.54, 1.807) is 0 Å². The SMILES string of the molecule is CCCCCC=CC[N+](C)(CC)CC. The standard InChI is InChI=1S/C13H28N/c1-5-8-9-10-11-12-13-14(4,6-2)7-3/h11-12H,5-10,13H2,1-4H3/q+1. The molecule has 0 saturated heterocycles. The maximum Gasteiger partial charge on any atom is 0.0971 e. The zero-order valence-electron chi connectivity index (χ0n) is 10.6. The van der Waals surface area contributed by atoms with Crippen molar-refractivity contribution < 1.29 is 4.48 Å². The molecule has 14 heavy (non-hydrogen) atoms. The van der Waals surface area contributed by atoms with Crippen LogP contribution in [0.2, 0.25) is 0 Å². The minimum Gasteiger partial charge on any atom is -0.323 e. The van der Waals surface area contributed by atoms with Gasteiger partial charge in [0.15, 0.2) is 0 Å². The fraction of sp³-hybridized carbons (Fsp3) is 0.846. The lowest BCUT2D eigenvalue weighted by Crippen LogP contribution is -2.43. The van der Waals surface area contributed by atoms with Gasteiger partial charge in [-0.2, -0.15) is 0 Å². The van der Waals surface area contributed by atoms with E-state index in [0.29, 0.717) is 0 Å². The molecule has 0 aliphatic carbocycles. The third kappa shape index (κ3) is 6.20. The van der Waals surface area contributed by atoms with Crippen LogP contribution in [0.3, 0.4) is 0 Å². The van der Waals surface area contributed by atoms with E-state index in [1.165, 1.54) is 49.8 Å². The Kier molecular flexibility index (Phi) is 7.87. The van der Waals surface area contributed by atoms with Gasteiger partial charge in [-0.25, -0.2) is 0 Å². The van der Waals surface area contributed by atoms with Crippen molar-refractivity contribution in [3.8, 4) is 0 Å². The predicted octanol–water partition coefficient (Wildman–Crippen LogP) is 3.61. The monoisotopic (exact) mass is 198 g/mol. The van der Waals surface area contributed by atoms with Crippen molar-refractivity contribution in [2.75, 3.05) is 26.7 Å². The third-order valence-electron chi connectivity index (χ3n) is 3.21. The Morgan fingerprint density at radius 2 is 1.57 bits per heavy atom. The fourth-order valence-electron chi connectivity index (χ4n) is 1.44. The summed E-state index contributed by atoms with van der Waals surface area (Å²) in [7, 11) is 2.33. The van der Waals surface area contributed by atoms with E-state index in [0.717, 1.165) is 0 Å². The lowest BCUT2D eigenvalue weighted by molar-refractivity contribution is -0.900. The molecular weight excluding hydrogens is 170 g/mol. The number of allylic oxidation sites excluding steroid dienone is 1. The first-order valence-corrected chi connectivity index (χ1v) is 6.17. The molecule has 0 fully saturated rings. The van der Waals surface area contributed by atoms with E-state index in [9.17, 15) is 0 Å². The number of hydrogen-bond donors (Lipinski definition) is 0. The first-order chi connectivity index (χ1) is 6.68. The van der Waals surface area contributed by atoms with Crippen molar-refractivity contribution >= 4 is 0 Å². The molecular formula is C13H28N+. The van der Waals surface area contributed by atoms with E-state index in [-0.39, 0.29) is 0 Å². The molecule has 0 aliphatic rings. The third-order valence-corrected chi connectivity index (χ3v) is 3.21. The summed E-state index contributed by atoms with van der Waals surface area (Å²) in [6.45, 7) is 10.5. The van der Waals surface area contributed by atoms with E-state index in [2.05, 4.69) is 40.0 Å². The van der Waals surface area contributed by atoms with Crippen molar-refractivity contribution in [2.45, 2.75) is 46.5 Å². The number of hydrogen-bond acceptors (Lipinski definition) is 0. The van der Waals surface area contributed by atoms with Crippen molar-refractivity contribution in [3.05, 3.63) is 12.2 Å². The summed E-state index contributed by atoms with van der Waals surface area (Å²) in [6.07, 6.45) is 10.0. The quantitative estimate of drug-likeness (QED) is 0.317. The van der Waals surface area contributed by atoms with Gasteiger partial charge in [0.2, 0.25) is 0 Å². The predicted molar refractivity (Wildman–Crippen MR) is 65.4 cm³/mol. The fourth-order valence-corrected chi connectivity index (χ4v) is 1.44. The van der Waals surface area contributed by atoms with Crippen LogP contribution in [0.5, 0.6) is 0 Å². The first-order valence-electron chi connectivity index (χ1n) is 6.17. The van der Waals surface area contributed by atoms with Gasteiger partial charge < -0.3 is 4.48 Å². The minimum absolute atomic E-state index is 1.17. The van der Waals surface area contributed by atoms with E-state index in [1.807, 2.05) is 0 Å². The summed E-state index contributed by atoms with van der Waals surface area (Å²) in [5.41, 5.74) is 0. The van der Waals surface area contributed by atoms with Gasteiger partial charge in [-0.1, -0.05) is 25.8 Å². The Hall–Kier alpha value is -0.300. The van der Waals surface area contributed by atoms with Gasteiger partial charge in [0.1, 0.15) is 0 Å². The van der Waals surface area contributed by atoms with Crippen LogP contribution in [0.4, 0.5) is 0 Å². The second-order valence-corrected chi connectivity index (χ2v) is 4.40. The van der Waals surface area contributed by atoms with E-state index >= 15 is 0 Å². The topological polar surface area (TPSA) is 0 Å². The summed E-state index contributed by atoms with van der Waals surface area (Å²) < 4.78 is 1.17. The van der Waals surface area contributed by atoms with Crippen LogP contribution in [-0.4, -0.2) is 31.2 Å². The van der Waals surface area contributed by atoms with Crippen molar-refractivity contribution in [1.82, 2.24) is 0 Å². The van der Waals surface area contributed by atoms with Gasteiger partial charge in [-0.3, -0.25) is 0 Å². The summed E-state index contributed by atoms with van der Waals surface area (Å²) in [5.74, 6) is 0. The highest BCUT2D eigenvalue weighted by molar-refractivity contribution is 4.81. The summed E-state index contributed by atoms with van der Waals surface area (Å²) in [5, 5.41) is 0. The molecule has 0 unspecified atom stereocenters. The molecule has 0 spiro atoms. The lowest BCUT2D eigenvalue weighted by Gasteiger charge is -2.30. The van der Waals surface area contributed by atoms with Crippen LogP contribution in [0.1, 0.15) is 46.5 Å². The molecule has 84 valence electrons. The molecule has 1 nitrogen and oxygen atoms in total. The molecule has 0 aromatic carbocycles. The number of quaternary nitrogens is 1. The minimum atomic E-state index is 1.17. The Labute approximate surface area is 90.4 Å². The molecule has 0 aromatic heterocycles. The van der Waals surface area contributed by atoms with Crippen LogP contribution >= 0.6 is 0 Å². The Morgan fingerprint density at radius 1 is 0.929 bits per heavy atom. The second-order valence-electron chi connectivity index (χ2n) is 4.40. The van der Waals surface area contributed by atoms with E-state index < -0.39 is 0 Å². The van der Waals surface area contributed by atoms with E-state index in [4.69, 9.17) is 0 Å². The van der Waals surface area contributed by atoms with Gasteiger partial charge in [-0.15, -0.1) is 0 Å². The largest absolute Gasteiger partial charge is 0.323 e. The highest BCUT2D eigenvalue weighted by Gasteiger charge is 2.12. The van der Waals surface area contributed by atoms with Crippen LogP contribution in [0.15, 0.2) is 12.2 Å². The molecule has 0 rings (SSSR count). The first kappa shape index (κ1) is 13.7. The Bertz CT molecular complexity index is 145. The average molecular weight is 198 g/mol. The lowest BCUT2D eigenvalue weighted by atomic mass is 10.2. The molecule has 0 N–H and O–H groups in total. The maximum atomic E-state index is 2.36. The van der Waals surface area contributed by atoms with Gasteiger partial charge >= 0.3 is 0 Å². The summed E-state index contributed by atoms with van der Waals surface area (Å²) >= 11 is 0. The highest BCUT2D eigenvalue weighted by Crippen LogP contribution is 2.03. The van der Waals surface area contributed by atoms with Crippen molar-refractivity contribution in [1.29, 1.82) is 0 Å². The van der Waals surface area contributed by atoms with Crippen LogP contribution < -0.4 is 0 Å². The molecule has 0 amide bonds. The number of nitrogens with zero attached hydrogens (tertiary/aromatic N) is 1. The molecule has 0 saturated carbocycles. The van der Waals surface area contributed by atoms with Gasteiger partial charge in [0.25, 0.3) is 0 Å². The van der Waals surface area contributed by atoms with Crippen LogP contribution in [0, 0.1) is 0 Å². The number of likely N-dealkylation sites (N-methyl/N-ethyl adjacent to an activating group) is 1. The smallest absolute Gasteiger partial charge is 0.0971 e. The van der Waals surface area contributed by atoms with Gasteiger partial charge in [0.05, 0.1) is 26.7 Å². The van der Waals surface area contributed by atoms with Crippen LogP contribution in [-0.2, 0) is 0 Å². The zero-order chi connectivity index (χ0) is 10.9.